The van der Waals surface area contributed by atoms with E-state index < -0.39 is 0 Å². The number of methoxy groups -OCH3 is 1. The van der Waals surface area contributed by atoms with Crippen LogP contribution in [-0.4, -0.2) is 29.1 Å². The highest BCUT2D eigenvalue weighted by Crippen LogP contribution is 2.22. The van der Waals surface area contributed by atoms with E-state index in [4.69, 9.17) is 4.74 Å². The number of nitrogens with zero attached hydrogens (tertiary/aromatic N) is 2. The lowest BCUT2D eigenvalue weighted by Gasteiger charge is -2.04. The van der Waals surface area contributed by atoms with Crippen molar-refractivity contribution >= 4 is 5.71 Å². The van der Waals surface area contributed by atoms with Crippen molar-refractivity contribution in [3.63, 3.8) is 0 Å². The van der Waals surface area contributed by atoms with Crippen LogP contribution < -0.4 is 10.3 Å². The molecule has 4 rings (SSSR count). The summed E-state index contributed by atoms with van der Waals surface area (Å²) in [7, 11) is 1.60. The second-order valence-corrected chi connectivity index (χ2v) is 7.41. The number of benzene rings is 3. The maximum Gasteiger partial charge on any atom is 0.280 e. The largest absolute Gasteiger partial charge is 0.497 e. The number of aromatic amines is 1. The number of rotatable bonds is 7. The van der Waals surface area contributed by atoms with Crippen LogP contribution in [0.15, 0.2) is 88.6 Å². The quantitative estimate of drug-likeness (QED) is 0.419. The lowest BCUT2D eigenvalue weighted by Crippen LogP contribution is -2.19. The van der Waals surface area contributed by atoms with E-state index in [-0.39, 0.29) is 11.4 Å². The van der Waals surface area contributed by atoms with E-state index in [1.54, 1.807) is 19.2 Å². The van der Waals surface area contributed by atoms with Gasteiger partial charge in [0.05, 0.1) is 24.1 Å². The van der Waals surface area contributed by atoms with Crippen LogP contribution in [0.4, 0.5) is 4.39 Å². The predicted octanol–water partition coefficient (Wildman–Crippen LogP) is 5.03. The fourth-order valence-electron chi connectivity index (χ4n) is 3.58. The van der Waals surface area contributed by atoms with Gasteiger partial charge in [-0.15, -0.1) is 0 Å². The van der Waals surface area contributed by atoms with Crippen molar-refractivity contribution in [2.24, 2.45) is 4.99 Å². The number of nitrogens with one attached hydrogen (secondary N) is 1. The minimum absolute atomic E-state index is 0.169. The molecule has 0 aliphatic heterocycles. The van der Waals surface area contributed by atoms with Crippen LogP contribution in [0.1, 0.15) is 18.1 Å². The Labute approximate surface area is 185 Å². The van der Waals surface area contributed by atoms with E-state index in [0.29, 0.717) is 29.9 Å². The van der Waals surface area contributed by atoms with E-state index >= 15 is 0 Å². The standard InChI is InChI=1S/C26H24FN3O2/c1-18(28-17-16-19-8-10-21(27)11-9-19)24-25(20-6-4-3-5-7-20)29-30(26(24)31)22-12-14-23(32-2)15-13-22/h3-15,29H,16-17H2,1-2H3. The first kappa shape index (κ1) is 21.3. The molecule has 0 spiro atoms. The SMILES string of the molecule is COc1ccc(-n2[nH]c(-c3ccccc3)c(C(C)=NCCc3ccc(F)cc3)c2=O)cc1. The van der Waals surface area contributed by atoms with Crippen molar-refractivity contribution in [3.05, 3.63) is 106 Å². The van der Waals surface area contributed by atoms with Crippen molar-refractivity contribution in [1.82, 2.24) is 9.78 Å². The summed E-state index contributed by atoms with van der Waals surface area (Å²) in [6.45, 7) is 2.35. The van der Waals surface area contributed by atoms with Gasteiger partial charge in [-0.2, -0.15) is 0 Å². The molecule has 0 fully saturated rings. The summed E-state index contributed by atoms with van der Waals surface area (Å²) < 4.78 is 19.9. The summed E-state index contributed by atoms with van der Waals surface area (Å²) in [4.78, 5) is 18.1. The van der Waals surface area contributed by atoms with Crippen molar-refractivity contribution in [3.8, 4) is 22.7 Å². The molecule has 0 atom stereocenters. The van der Waals surface area contributed by atoms with E-state index in [1.807, 2.05) is 61.5 Å². The molecule has 4 aromatic rings. The Kier molecular flexibility index (Phi) is 6.31. The van der Waals surface area contributed by atoms with Crippen LogP contribution in [0.2, 0.25) is 0 Å². The van der Waals surface area contributed by atoms with Crippen molar-refractivity contribution in [2.75, 3.05) is 13.7 Å². The lowest BCUT2D eigenvalue weighted by atomic mass is 10.1. The molecule has 6 heteroatoms. The number of hydrogen-bond donors (Lipinski definition) is 1. The topological polar surface area (TPSA) is 59.4 Å². The second-order valence-electron chi connectivity index (χ2n) is 7.41. The first-order valence-electron chi connectivity index (χ1n) is 10.4. The number of hydrogen-bond acceptors (Lipinski definition) is 3. The van der Waals surface area contributed by atoms with Crippen molar-refractivity contribution in [1.29, 1.82) is 0 Å². The Hall–Kier alpha value is -3.93. The Morgan fingerprint density at radius 1 is 1.00 bits per heavy atom. The zero-order valence-corrected chi connectivity index (χ0v) is 18.0. The van der Waals surface area contributed by atoms with Crippen LogP contribution in [0.5, 0.6) is 5.75 Å². The molecule has 0 radical (unpaired) electrons. The van der Waals surface area contributed by atoms with Crippen molar-refractivity contribution < 1.29 is 9.13 Å². The molecule has 1 heterocycles. The van der Waals surface area contributed by atoms with Gasteiger partial charge >= 0.3 is 0 Å². The van der Waals surface area contributed by atoms with E-state index in [9.17, 15) is 9.18 Å². The highest BCUT2D eigenvalue weighted by molar-refractivity contribution is 6.03. The molecule has 1 aromatic heterocycles. The number of ether oxygens (including phenoxy) is 1. The molecule has 0 aliphatic rings. The van der Waals surface area contributed by atoms with Crippen LogP contribution >= 0.6 is 0 Å². The maximum atomic E-state index is 13.4. The van der Waals surface area contributed by atoms with Gasteiger partial charge in [0.15, 0.2) is 0 Å². The molecule has 0 amide bonds. The first-order valence-corrected chi connectivity index (χ1v) is 10.4. The van der Waals surface area contributed by atoms with Gasteiger partial charge in [0.25, 0.3) is 5.56 Å². The highest BCUT2D eigenvalue weighted by atomic mass is 19.1. The summed E-state index contributed by atoms with van der Waals surface area (Å²) >= 11 is 0. The van der Waals surface area contributed by atoms with Crippen LogP contribution in [-0.2, 0) is 6.42 Å². The van der Waals surface area contributed by atoms with Gasteiger partial charge in [-0.3, -0.25) is 14.9 Å². The van der Waals surface area contributed by atoms with Gasteiger partial charge in [-0.1, -0.05) is 42.5 Å². The Morgan fingerprint density at radius 3 is 2.34 bits per heavy atom. The normalized spacial score (nSPS) is 11.5. The van der Waals surface area contributed by atoms with E-state index in [0.717, 1.165) is 22.6 Å². The number of aromatic nitrogens is 2. The fourth-order valence-corrected chi connectivity index (χ4v) is 3.58. The van der Waals surface area contributed by atoms with Gasteiger partial charge in [0.2, 0.25) is 0 Å². The maximum absolute atomic E-state index is 13.4. The van der Waals surface area contributed by atoms with Gasteiger partial charge in [0, 0.05) is 17.8 Å². The molecule has 3 aromatic carbocycles. The Bertz CT molecular complexity index is 1270. The molecule has 0 saturated heterocycles. The predicted molar refractivity (Wildman–Crippen MR) is 126 cm³/mol. The summed E-state index contributed by atoms with van der Waals surface area (Å²) in [5.74, 6) is 0.461. The van der Waals surface area contributed by atoms with Gasteiger partial charge in [-0.05, 0) is 55.3 Å². The van der Waals surface area contributed by atoms with Crippen molar-refractivity contribution in [2.45, 2.75) is 13.3 Å². The zero-order chi connectivity index (χ0) is 22.5. The lowest BCUT2D eigenvalue weighted by molar-refractivity contribution is 0.414. The van der Waals surface area contributed by atoms with Crippen LogP contribution in [0.3, 0.4) is 0 Å². The highest BCUT2D eigenvalue weighted by Gasteiger charge is 2.19. The molecule has 32 heavy (non-hydrogen) atoms. The minimum Gasteiger partial charge on any atom is -0.497 e. The number of halogens is 1. The molecule has 5 nitrogen and oxygen atoms in total. The number of aliphatic imine (C=N–C) groups is 1. The fraction of sp³-hybridized carbons (Fsp3) is 0.154. The molecule has 0 bridgehead atoms. The van der Waals surface area contributed by atoms with E-state index in [1.165, 1.54) is 16.8 Å². The smallest absolute Gasteiger partial charge is 0.280 e. The van der Waals surface area contributed by atoms with Crippen LogP contribution in [0, 0.1) is 5.82 Å². The summed E-state index contributed by atoms with van der Waals surface area (Å²) in [5, 5.41) is 3.26. The summed E-state index contributed by atoms with van der Waals surface area (Å²) in [5.41, 5.74) is 4.34. The van der Waals surface area contributed by atoms with Gasteiger partial charge < -0.3 is 4.74 Å². The van der Waals surface area contributed by atoms with Gasteiger partial charge in [-0.25, -0.2) is 9.07 Å². The van der Waals surface area contributed by atoms with Crippen LogP contribution in [0.25, 0.3) is 16.9 Å². The molecule has 0 saturated carbocycles. The average molecular weight is 429 g/mol. The van der Waals surface area contributed by atoms with Gasteiger partial charge in [0.1, 0.15) is 11.6 Å². The molecule has 1 N–H and O–H groups in total. The molecule has 0 aliphatic carbocycles. The monoisotopic (exact) mass is 429 g/mol. The third kappa shape index (κ3) is 4.54. The third-order valence-corrected chi connectivity index (χ3v) is 5.31. The Morgan fingerprint density at radius 2 is 1.69 bits per heavy atom. The minimum atomic E-state index is -0.257. The average Bonchev–Trinajstić information content (AvgIpc) is 3.18. The molecule has 162 valence electrons. The Balaban J connectivity index is 1.71. The number of H-pyrrole nitrogens is 1. The summed E-state index contributed by atoms with van der Waals surface area (Å²) in [6.07, 6.45) is 0.662. The molecular weight excluding hydrogens is 405 g/mol. The van der Waals surface area contributed by atoms with E-state index in [2.05, 4.69) is 10.1 Å². The second kappa shape index (κ2) is 9.47. The zero-order valence-electron chi connectivity index (χ0n) is 18.0. The third-order valence-electron chi connectivity index (χ3n) is 5.31. The first-order chi connectivity index (χ1) is 15.6. The summed E-state index contributed by atoms with van der Waals surface area (Å²) in [6, 6.07) is 23.4. The molecular formula is C26H24FN3O2. The molecule has 0 unspecified atom stereocenters.